The van der Waals surface area contributed by atoms with E-state index in [2.05, 4.69) is 17.2 Å². The van der Waals surface area contributed by atoms with E-state index in [1.54, 1.807) is 6.20 Å². The first-order chi connectivity index (χ1) is 6.40. The van der Waals surface area contributed by atoms with Gasteiger partial charge in [-0.3, -0.25) is 4.98 Å². The fourth-order valence-electron chi connectivity index (χ4n) is 1.46. The number of pyridine rings is 1. The molecule has 0 spiro atoms. The second-order valence-electron chi connectivity index (χ2n) is 3.23. The second kappa shape index (κ2) is 5.17. The highest BCUT2D eigenvalue weighted by Crippen LogP contribution is 2.19. The summed E-state index contributed by atoms with van der Waals surface area (Å²) in [6.07, 6.45) is 3.11. The van der Waals surface area contributed by atoms with Gasteiger partial charge in [-0.1, -0.05) is 6.92 Å². The molecule has 2 rings (SSSR count). The summed E-state index contributed by atoms with van der Waals surface area (Å²) in [5.74, 6) is 0.930. The monoisotopic (exact) mass is 214 g/mol. The first-order valence-corrected chi connectivity index (χ1v) is 4.71. The van der Waals surface area contributed by atoms with Crippen LogP contribution >= 0.6 is 12.4 Å². The largest absolute Gasteiger partial charge is 0.487 e. The van der Waals surface area contributed by atoms with Crippen LogP contribution in [0.25, 0.3) is 0 Å². The van der Waals surface area contributed by atoms with Gasteiger partial charge in [-0.25, -0.2) is 0 Å². The van der Waals surface area contributed by atoms with Crippen LogP contribution in [0.2, 0.25) is 0 Å². The summed E-state index contributed by atoms with van der Waals surface area (Å²) in [6.45, 7) is 3.85. The van der Waals surface area contributed by atoms with Gasteiger partial charge in [-0.05, 0) is 18.6 Å². The Bertz CT molecular complexity index is 293. The lowest BCUT2D eigenvalue weighted by Gasteiger charge is -2.14. The Hall–Kier alpha value is -0.800. The van der Waals surface area contributed by atoms with E-state index in [1.165, 1.54) is 0 Å². The zero-order valence-corrected chi connectivity index (χ0v) is 9.01. The average molecular weight is 215 g/mol. The molecule has 0 saturated carbocycles. The maximum Gasteiger partial charge on any atom is 0.142 e. The van der Waals surface area contributed by atoms with Crippen LogP contribution in [0, 0.1) is 0 Å². The van der Waals surface area contributed by atoms with Crippen LogP contribution < -0.4 is 10.1 Å². The van der Waals surface area contributed by atoms with Gasteiger partial charge in [0.2, 0.25) is 0 Å². The molecule has 0 radical (unpaired) electrons. The topological polar surface area (TPSA) is 34.2 Å². The van der Waals surface area contributed by atoms with E-state index in [4.69, 9.17) is 4.74 Å². The molecule has 3 nitrogen and oxygen atoms in total. The number of aromatic nitrogens is 1. The molecule has 78 valence electrons. The highest BCUT2D eigenvalue weighted by Gasteiger charge is 2.15. The highest BCUT2D eigenvalue weighted by molar-refractivity contribution is 5.85. The molecular weight excluding hydrogens is 200 g/mol. The fourth-order valence-corrected chi connectivity index (χ4v) is 1.46. The number of hydrogen-bond acceptors (Lipinski definition) is 3. The zero-order chi connectivity index (χ0) is 9.10. The van der Waals surface area contributed by atoms with E-state index in [0.717, 1.165) is 31.0 Å². The first-order valence-electron chi connectivity index (χ1n) is 4.71. The molecule has 1 N–H and O–H groups in total. The van der Waals surface area contributed by atoms with Gasteiger partial charge in [0, 0.05) is 19.3 Å². The Morgan fingerprint density at radius 1 is 1.64 bits per heavy atom. The van der Waals surface area contributed by atoms with Crippen LogP contribution in [-0.2, 0) is 6.54 Å². The molecule has 1 aliphatic heterocycles. The van der Waals surface area contributed by atoms with E-state index < -0.39 is 0 Å². The van der Waals surface area contributed by atoms with Crippen LogP contribution in [-0.4, -0.2) is 17.6 Å². The standard InChI is InChI=1S/C10H14N2O.ClH/c1-2-8-6-11-7-9-10(13-8)4-3-5-12-9;/h3-5,8,11H,2,6-7H2,1H3;1H. The summed E-state index contributed by atoms with van der Waals surface area (Å²) in [4.78, 5) is 4.26. The van der Waals surface area contributed by atoms with Crippen molar-refractivity contribution in [2.75, 3.05) is 6.54 Å². The Morgan fingerprint density at radius 3 is 3.29 bits per heavy atom. The van der Waals surface area contributed by atoms with E-state index in [0.29, 0.717) is 0 Å². The number of halogens is 1. The summed E-state index contributed by atoms with van der Waals surface area (Å²) in [7, 11) is 0. The minimum Gasteiger partial charge on any atom is -0.487 e. The summed E-state index contributed by atoms with van der Waals surface area (Å²) in [5, 5.41) is 3.32. The van der Waals surface area contributed by atoms with Crippen molar-refractivity contribution < 1.29 is 4.74 Å². The molecule has 0 aromatic carbocycles. The van der Waals surface area contributed by atoms with Crippen LogP contribution in [0.5, 0.6) is 5.75 Å². The molecule has 1 aromatic rings. The lowest BCUT2D eigenvalue weighted by Crippen LogP contribution is -2.27. The molecule has 0 saturated heterocycles. The first kappa shape index (κ1) is 11.3. The number of nitrogens with one attached hydrogen (secondary N) is 1. The van der Waals surface area contributed by atoms with Gasteiger partial charge in [0.15, 0.2) is 0 Å². The minimum absolute atomic E-state index is 0. The summed E-state index contributed by atoms with van der Waals surface area (Å²) in [5.41, 5.74) is 1.01. The predicted molar refractivity (Wildman–Crippen MR) is 57.9 cm³/mol. The number of hydrogen-bond donors (Lipinski definition) is 1. The van der Waals surface area contributed by atoms with Gasteiger partial charge in [0.05, 0.1) is 5.69 Å². The van der Waals surface area contributed by atoms with Crippen LogP contribution in [0.1, 0.15) is 19.0 Å². The minimum atomic E-state index is 0. The van der Waals surface area contributed by atoms with Crippen LogP contribution in [0.15, 0.2) is 18.3 Å². The molecule has 0 aliphatic carbocycles. The van der Waals surface area contributed by atoms with E-state index in [1.807, 2.05) is 12.1 Å². The van der Waals surface area contributed by atoms with Crippen LogP contribution in [0.4, 0.5) is 0 Å². The molecule has 2 heterocycles. The third kappa shape index (κ3) is 2.36. The quantitative estimate of drug-likeness (QED) is 0.774. The van der Waals surface area contributed by atoms with Crippen LogP contribution in [0.3, 0.4) is 0 Å². The van der Waals surface area contributed by atoms with E-state index in [9.17, 15) is 0 Å². The fraction of sp³-hybridized carbons (Fsp3) is 0.500. The van der Waals surface area contributed by atoms with Crippen molar-refractivity contribution in [1.29, 1.82) is 0 Å². The molecule has 1 atom stereocenters. The molecule has 0 bridgehead atoms. The Labute approximate surface area is 90.3 Å². The molecular formula is C10H15ClN2O. The zero-order valence-electron chi connectivity index (χ0n) is 8.19. The third-order valence-corrected chi connectivity index (χ3v) is 2.26. The number of nitrogens with zero attached hydrogens (tertiary/aromatic N) is 1. The summed E-state index contributed by atoms with van der Waals surface area (Å²) < 4.78 is 5.78. The Balaban J connectivity index is 0.000000980. The smallest absolute Gasteiger partial charge is 0.142 e. The maximum absolute atomic E-state index is 5.78. The van der Waals surface area contributed by atoms with Crippen molar-refractivity contribution in [1.82, 2.24) is 10.3 Å². The molecule has 1 aliphatic rings. The lowest BCUT2D eigenvalue weighted by atomic mass is 10.3. The maximum atomic E-state index is 5.78. The third-order valence-electron chi connectivity index (χ3n) is 2.26. The van der Waals surface area contributed by atoms with Crippen molar-refractivity contribution in [2.24, 2.45) is 0 Å². The van der Waals surface area contributed by atoms with Crippen molar-refractivity contribution in [3.8, 4) is 5.75 Å². The van der Waals surface area contributed by atoms with Gasteiger partial charge in [0.25, 0.3) is 0 Å². The molecule has 1 unspecified atom stereocenters. The molecule has 0 fully saturated rings. The second-order valence-corrected chi connectivity index (χ2v) is 3.23. The molecule has 1 aromatic heterocycles. The number of ether oxygens (including phenoxy) is 1. The van der Waals surface area contributed by atoms with Crippen molar-refractivity contribution in [2.45, 2.75) is 26.0 Å². The average Bonchev–Trinajstić information content (AvgIpc) is 2.38. The van der Waals surface area contributed by atoms with E-state index >= 15 is 0 Å². The normalized spacial score (nSPS) is 19.9. The lowest BCUT2D eigenvalue weighted by molar-refractivity contribution is 0.201. The Morgan fingerprint density at radius 2 is 2.50 bits per heavy atom. The van der Waals surface area contributed by atoms with Crippen molar-refractivity contribution in [3.05, 3.63) is 24.0 Å². The number of rotatable bonds is 1. The summed E-state index contributed by atoms with van der Waals surface area (Å²) >= 11 is 0. The summed E-state index contributed by atoms with van der Waals surface area (Å²) in [6, 6.07) is 3.90. The van der Waals surface area contributed by atoms with Gasteiger partial charge in [-0.15, -0.1) is 12.4 Å². The van der Waals surface area contributed by atoms with E-state index in [-0.39, 0.29) is 18.5 Å². The van der Waals surface area contributed by atoms with Gasteiger partial charge >= 0.3 is 0 Å². The molecule has 14 heavy (non-hydrogen) atoms. The number of fused-ring (bicyclic) bond motifs is 1. The van der Waals surface area contributed by atoms with Crippen molar-refractivity contribution in [3.63, 3.8) is 0 Å². The van der Waals surface area contributed by atoms with Gasteiger partial charge < -0.3 is 10.1 Å². The van der Waals surface area contributed by atoms with Gasteiger partial charge in [-0.2, -0.15) is 0 Å². The highest BCUT2D eigenvalue weighted by atomic mass is 35.5. The Kier molecular flexibility index (Phi) is 4.17. The van der Waals surface area contributed by atoms with Crippen molar-refractivity contribution >= 4 is 12.4 Å². The van der Waals surface area contributed by atoms with Gasteiger partial charge in [0.1, 0.15) is 11.9 Å². The molecule has 0 amide bonds. The SMILES string of the molecule is CCC1CNCc2ncccc2O1.Cl. The molecule has 4 heteroatoms. The predicted octanol–water partition coefficient (Wildman–Crippen LogP) is 1.76.